The topological polar surface area (TPSA) is 68.1 Å². The van der Waals surface area contributed by atoms with Crippen LogP contribution in [-0.4, -0.2) is 40.8 Å². The second-order valence-electron chi connectivity index (χ2n) is 5.13. The molecule has 1 fully saturated rings. The fourth-order valence-corrected chi connectivity index (χ4v) is 4.05. The number of aromatic nitrogens is 3. The van der Waals surface area contributed by atoms with Crippen molar-refractivity contribution in [2.75, 3.05) is 13.1 Å². The van der Waals surface area contributed by atoms with Crippen LogP contribution in [0.3, 0.4) is 0 Å². The molecule has 0 bridgehead atoms. The molecule has 0 atom stereocenters. The highest BCUT2D eigenvalue weighted by molar-refractivity contribution is 7.89. The zero-order valence-electron chi connectivity index (χ0n) is 11.2. The molecule has 1 aliphatic rings. The average Bonchev–Trinajstić information content (AvgIpc) is 2.86. The van der Waals surface area contributed by atoms with Gasteiger partial charge < -0.3 is 0 Å². The van der Waals surface area contributed by atoms with Gasteiger partial charge in [0.1, 0.15) is 0 Å². The van der Waals surface area contributed by atoms with Gasteiger partial charge in [-0.1, -0.05) is 17.3 Å². The Morgan fingerprint density at radius 3 is 2.80 bits per heavy atom. The van der Waals surface area contributed by atoms with E-state index in [9.17, 15) is 8.42 Å². The van der Waals surface area contributed by atoms with E-state index < -0.39 is 10.0 Å². The molecule has 0 unspecified atom stereocenters. The Balaban J connectivity index is 1.67. The molecule has 106 valence electrons. The third kappa shape index (κ3) is 2.46. The molecule has 1 aromatic heterocycles. The van der Waals surface area contributed by atoms with E-state index in [1.165, 1.54) is 4.31 Å². The Hall–Kier alpha value is -1.73. The van der Waals surface area contributed by atoms with Gasteiger partial charge in [-0.3, -0.25) is 4.68 Å². The minimum atomic E-state index is -3.35. The standard InChI is InChI=1S/C13H16N4O2S/c1-11-3-2-4-13(7-11)20(18,19)17-9-12(10-17)8-16-6-5-14-15-16/h2-7,12H,8-10H2,1H3. The number of hydrogen-bond donors (Lipinski definition) is 0. The fourth-order valence-electron chi connectivity index (χ4n) is 2.35. The number of rotatable bonds is 4. The molecule has 2 heterocycles. The molecular weight excluding hydrogens is 276 g/mol. The summed E-state index contributed by atoms with van der Waals surface area (Å²) in [5.41, 5.74) is 0.950. The molecule has 0 spiro atoms. The molecule has 3 rings (SSSR count). The lowest BCUT2D eigenvalue weighted by atomic mass is 10.0. The second-order valence-corrected chi connectivity index (χ2v) is 7.07. The molecule has 1 saturated heterocycles. The first-order valence-corrected chi connectivity index (χ1v) is 7.90. The van der Waals surface area contributed by atoms with Crippen molar-refractivity contribution in [1.82, 2.24) is 19.3 Å². The van der Waals surface area contributed by atoms with Crippen LogP contribution in [0.5, 0.6) is 0 Å². The molecule has 1 aromatic carbocycles. The number of benzene rings is 1. The Bertz CT molecular complexity index is 691. The normalized spacial score (nSPS) is 17.1. The predicted octanol–water partition coefficient (Wildman–Crippen LogP) is 0.907. The van der Waals surface area contributed by atoms with E-state index in [0.29, 0.717) is 30.4 Å². The maximum absolute atomic E-state index is 12.4. The van der Waals surface area contributed by atoms with Crippen molar-refractivity contribution in [2.45, 2.75) is 18.4 Å². The highest BCUT2D eigenvalue weighted by atomic mass is 32.2. The quantitative estimate of drug-likeness (QED) is 0.840. The first kappa shape index (κ1) is 13.3. The summed E-state index contributed by atoms with van der Waals surface area (Å²) < 4.78 is 28.1. The lowest BCUT2D eigenvalue weighted by molar-refractivity contribution is 0.174. The van der Waals surface area contributed by atoms with Crippen molar-refractivity contribution in [3.05, 3.63) is 42.2 Å². The smallest absolute Gasteiger partial charge is 0.243 e. The van der Waals surface area contributed by atoms with E-state index in [1.807, 2.05) is 13.0 Å². The molecule has 0 N–H and O–H groups in total. The van der Waals surface area contributed by atoms with Gasteiger partial charge in [-0.2, -0.15) is 4.31 Å². The van der Waals surface area contributed by atoms with Crippen molar-refractivity contribution in [3.63, 3.8) is 0 Å². The molecule has 6 nitrogen and oxygen atoms in total. The SMILES string of the molecule is Cc1cccc(S(=O)(=O)N2CC(Cn3ccnn3)C2)c1. The van der Waals surface area contributed by atoms with E-state index in [-0.39, 0.29) is 0 Å². The van der Waals surface area contributed by atoms with Gasteiger partial charge >= 0.3 is 0 Å². The molecule has 0 saturated carbocycles. The van der Waals surface area contributed by atoms with Gasteiger partial charge in [0.15, 0.2) is 0 Å². The Morgan fingerprint density at radius 2 is 2.15 bits per heavy atom. The summed E-state index contributed by atoms with van der Waals surface area (Å²) in [7, 11) is -3.35. The summed E-state index contributed by atoms with van der Waals surface area (Å²) in [5.74, 6) is 0.302. The van der Waals surface area contributed by atoms with Gasteiger partial charge in [0.25, 0.3) is 0 Å². The number of sulfonamides is 1. The van der Waals surface area contributed by atoms with Crippen molar-refractivity contribution < 1.29 is 8.42 Å². The monoisotopic (exact) mass is 292 g/mol. The van der Waals surface area contributed by atoms with Crippen LogP contribution in [0.25, 0.3) is 0 Å². The maximum atomic E-state index is 12.4. The van der Waals surface area contributed by atoms with E-state index in [2.05, 4.69) is 10.3 Å². The van der Waals surface area contributed by atoms with E-state index in [1.54, 1.807) is 35.3 Å². The van der Waals surface area contributed by atoms with Gasteiger partial charge in [0.05, 0.1) is 11.1 Å². The van der Waals surface area contributed by atoms with Gasteiger partial charge in [0.2, 0.25) is 10.0 Å². The van der Waals surface area contributed by atoms with Crippen LogP contribution in [0, 0.1) is 12.8 Å². The van der Waals surface area contributed by atoms with E-state index in [0.717, 1.165) is 5.56 Å². The summed E-state index contributed by atoms with van der Waals surface area (Å²) in [6.45, 7) is 3.68. The van der Waals surface area contributed by atoms with Crippen LogP contribution in [-0.2, 0) is 16.6 Å². The summed E-state index contributed by atoms with van der Waals surface area (Å²) >= 11 is 0. The second kappa shape index (κ2) is 4.99. The molecule has 7 heteroatoms. The third-order valence-electron chi connectivity index (χ3n) is 3.47. The van der Waals surface area contributed by atoms with Gasteiger partial charge in [0, 0.05) is 31.7 Å². The number of hydrogen-bond acceptors (Lipinski definition) is 4. The molecule has 1 aliphatic heterocycles. The number of nitrogens with zero attached hydrogens (tertiary/aromatic N) is 4. The molecular formula is C13H16N4O2S. The van der Waals surface area contributed by atoms with Crippen molar-refractivity contribution in [2.24, 2.45) is 5.92 Å². The first-order valence-electron chi connectivity index (χ1n) is 6.46. The Labute approximate surface area is 118 Å². The van der Waals surface area contributed by atoms with Crippen LogP contribution in [0.1, 0.15) is 5.56 Å². The van der Waals surface area contributed by atoms with Crippen molar-refractivity contribution in [3.8, 4) is 0 Å². The summed E-state index contributed by atoms with van der Waals surface area (Å²) in [4.78, 5) is 0.372. The maximum Gasteiger partial charge on any atom is 0.243 e. The highest BCUT2D eigenvalue weighted by Crippen LogP contribution is 2.26. The summed E-state index contributed by atoms with van der Waals surface area (Å²) in [6, 6.07) is 7.02. The average molecular weight is 292 g/mol. The van der Waals surface area contributed by atoms with Crippen LogP contribution >= 0.6 is 0 Å². The third-order valence-corrected chi connectivity index (χ3v) is 5.30. The molecule has 0 aliphatic carbocycles. The number of aryl methyl sites for hydroxylation is 1. The highest BCUT2D eigenvalue weighted by Gasteiger charge is 2.36. The van der Waals surface area contributed by atoms with E-state index in [4.69, 9.17) is 0 Å². The van der Waals surface area contributed by atoms with Crippen molar-refractivity contribution >= 4 is 10.0 Å². The molecule has 2 aromatic rings. The lowest BCUT2D eigenvalue weighted by Crippen LogP contribution is -2.51. The summed E-state index contributed by atoms with van der Waals surface area (Å²) in [5, 5.41) is 7.63. The zero-order valence-corrected chi connectivity index (χ0v) is 12.0. The van der Waals surface area contributed by atoms with Crippen LogP contribution in [0.4, 0.5) is 0 Å². The minimum absolute atomic E-state index is 0.302. The summed E-state index contributed by atoms with van der Waals surface area (Å²) in [6.07, 6.45) is 3.41. The van der Waals surface area contributed by atoms with E-state index >= 15 is 0 Å². The van der Waals surface area contributed by atoms with Crippen LogP contribution in [0.2, 0.25) is 0 Å². The Kier molecular flexibility index (Phi) is 3.31. The van der Waals surface area contributed by atoms with Gasteiger partial charge in [-0.05, 0) is 24.6 Å². The zero-order chi connectivity index (χ0) is 14.2. The van der Waals surface area contributed by atoms with Gasteiger partial charge in [-0.15, -0.1) is 5.10 Å². The van der Waals surface area contributed by atoms with Crippen LogP contribution < -0.4 is 0 Å². The molecule has 20 heavy (non-hydrogen) atoms. The minimum Gasteiger partial charge on any atom is -0.252 e. The molecule has 0 amide bonds. The lowest BCUT2D eigenvalue weighted by Gasteiger charge is -2.37. The Morgan fingerprint density at radius 1 is 1.35 bits per heavy atom. The fraction of sp³-hybridized carbons (Fsp3) is 0.385. The van der Waals surface area contributed by atoms with Gasteiger partial charge in [-0.25, -0.2) is 8.42 Å². The predicted molar refractivity (Wildman–Crippen MR) is 73.4 cm³/mol. The first-order chi connectivity index (χ1) is 9.55. The van der Waals surface area contributed by atoms with Crippen molar-refractivity contribution in [1.29, 1.82) is 0 Å². The largest absolute Gasteiger partial charge is 0.252 e. The van der Waals surface area contributed by atoms with Crippen LogP contribution in [0.15, 0.2) is 41.6 Å². The molecule has 0 radical (unpaired) electrons.